The summed E-state index contributed by atoms with van der Waals surface area (Å²) in [5.41, 5.74) is 1.52. The van der Waals surface area contributed by atoms with Gasteiger partial charge in [-0.25, -0.2) is 18.1 Å². The molecule has 0 unspecified atom stereocenters. The van der Waals surface area contributed by atoms with Crippen molar-refractivity contribution in [2.24, 2.45) is 0 Å². The van der Waals surface area contributed by atoms with Crippen LogP contribution >= 0.6 is 0 Å². The fourth-order valence-electron chi connectivity index (χ4n) is 4.53. The van der Waals surface area contributed by atoms with Crippen molar-refractivity contribution in [1.29, 1.82) is 0 Å². The van der Waals surface area contributed by atoms with E-state index >= 15 is 0 Å². The quantitative estimate of drug-likeness (QED) is 0.293. The van der Waals surface area contributed by atoms with Gasteiger partial charge in [0.05, 0.1) is 27.3 Å². The number of imide groups is 1. The molecule has 1 fully saturated rings. The largest absolute Gasteiger partial charge is 0.423 e. The number of esters is 1. The lowest BCUT2D eigenvalue weighted by Gasteiger charge is -2.26. The second kappa shape index (κ2) is 9.33. The molecule has 36 heavy (non-hydrogen) atoms. The second-order valence-electron chi connectivity index (χ2n) is 8.82. The molecule has 1 saturated heterocycles. The van der Waals surface area contributed by atoms with E-state index < -0.39 is 27.8 Å². The van der Waals surface area contributed by atoms with Gasteiger partial charge in [-0.1, -0.05) is 30.7 Å². The Balaban J connectivity index is 1.39. The summed E-state index contributed by atoms with van der Waals surface area (Å²) in [5, 5.41) is 0. The van der Waals surface area contributed by atoms with E-state index in [0.717, 1.165) is 24.2 Å². The maximum Gasteiger partial charge on any atom is 0.343 e. The highest BCUT2D eigenvalue weighted by Gasteiger charge is 2.36. The molecule has 0 N–H and O–H groups in total. The lowest BCUT2D eigenvalue weighted by atomic mass is 10.1. The normalized spacial score (nSPS) is 16.2. The van der Waals surface area contributed by atoms with Crippen LogP contribution in [0.15, 0.2) is 71.6 Å². The van der Waals surface area contributed by atoms with Crippen molar-refractivity contribution in [3.05, 3.63) is 89.0 Å². The number of benzene rings is 3. The summed E-state index contributed by atoms with van der Waals surface area (Å²) in [6, 6.07) is 17.1. The molecule has 0 radical (unpaired) electrons. The van der Waals surface area contributed by atoms with Crippen LogP contribution in [0.25, 0.3) is 0 Å². The number of rotatable bonds is 5. The molecule has 0 saturated carbocycles. The standard InChI is InChI=1S/C27H24N2O6S/c1-18-12-13-19(16-24(18)36(33,34)28-14-5-2-6-15-28)27(32)35-21-9-7-8-20(17-21)29-25(30)22-10-3-4-11-23(22)26(29)31/h3-4,7-13,16-17H,2,5-6,14-15H2,1H3. The van der Waals surface area contributed by atoms with Crippen LogP contribution in [0.4, 0.5) is 5.69 Å². The number of fused-ring (bicyclic) bond motifs is 1. The predicted octanol–water partition coefficient (Wildman–Crippen LogP) is 4.19. The van der Waals surface area contributed by atoms with Crippen molar-refractivity contribution in [1.82, 2.24) is 4.31 Å². The Kier molecular flexibility index (Phi) is 6.19. The Labute approximate surface area is 209 Å². The molecular weight excluding hydrogens is 480 g/mol. The van der Waals surface area contributed by atoms with Gasteiger partial charge in [0.2, 0.25) is 10.0 Å². The van der Waals surface area contributed by atoms with E-state index in [0.29, 0.717) is 29.8 Å². The summed E-state index contributed by atoms with van der Waals surface area (Å²) in [5.74, 6) is -1.53. The molecule has 9 heteroatoms. The maximum atomic E-state index is 13.2. The average Bonchev–Trinajstić information content (AvgIpc) is 3.14. The summed E-state index contributed by atoms with van der Waals surface area (Å²) in [7, 11) is -3.73. The summed E-state index contributed by atoms with van der Waals surface area (Å²) in [6.45, 7) is 2.61. The molecule has 0 atom stereocenters. The minimum absolute atomic E-state index is 0.0821. The van der Waals surface area contributed by atoms with Crippen LogP contribution in [0.5, 0.6) is 5.75 Å². The molecule has 2 aliphatic heterocycles. The number of carbonyl (C=O) groups excluding carboxylic acids is 3. The number of ether oxygens (including phenoxy) is 1. The molecule has 2 aliphatic rings. The van der Waals surface area contributed by atoms with Gasteiger partial charge in [-0.15, -0.1) is 0 Å². The highest BCUT2D eigenvalue weighted by Crippen LogP contribution is 2.31. The fourth-order valence-corrected chi connectivity index (χ4v) is 6.29. The van der Waals surface area contributed by atoms with Gasteiger partial charge in [0.25, 0.3) is 11.8 Å². The van der Waals surface area contributed by atoms with Gasteiger partial charge in [-0.05, 0) is 61.7 Å². The minimum Gasteiger partial charge on any atom is -0.423 e. The van der Waals surface area contributed by atoms with Crippen LogP contribution in [0.3, 0.4) is 0 Å². The Bertz CT molecular complexity index is 1460. The number of carbonyl (C=O) groups is 3. The second-order valence-corrected chi connectivity index (χ2v) is 10.7. The first-order valence-electron chi connectivity index (χ1n) is 11.7. The maximum absolute atomic E-state index is 13.2. The lowest BCUT2D eigenvalue weighted by molar-refractivity contribution is 0.0734. The number of anilines is 1. The van der Waals surface area contributed by atoms with Gasteiger partial charge < -0.3 is 4.74 Å². The number of amides is 2. The van der Waals surface area contributed by atoms with Gasteiger partial charge in [0.1, 0.15) is 5.75 Å². The first-order chi connectivity index (χ1) is 17.3. The van der Waals surface area contributed by atoms with Crippen LogP contribution in [0.2, 0.25) is 0 Å². The van der Waals surface area contributed by atoms with E-state index in [9.17, 15) is 22.8 Å². The van der Waals surface area contributed by atoms with Crippen LogP contribution in [-0.2, 0) is 10.0 Å². The summed E-state index contributed by atoms with van der Waals surface area (Å²) in [6.07, 6.45) is 2.62. The van der Waals surface area contributed by atoms with Crippen molar-refractivity contribution in [2.45, 2.75) is 31.1 Å². The summed E-state index contributed by atoms with van der Waals surface area (Å²) >= 11 is 0. The van der Waals surface area contributed by atoms with Gasteiger partial charge in [0, 0.05) is 19.2 Å². The SMILES string of the molecule is Cc1ccc(C(=O)Oc2cccc(N3C(=O)c4ccccc4C3=O)c2)cc1S(=O)(=O)N1CCCCC1. The van der Waals surface area contributed by atoms with Crippen LogP contribution in [0.1, 0.15) is 55.9 Å². The zero-order valence-electron chi connectivity index (χ0n) is 19.6. The smallest absolute Gasteiger partial charge is 0.343 e. The molecule has 2 heterocycles. The first-order valence-corrected chi connectivity index (χ1v) is 13.1. The van der Waals surface area contributed by atoms with Gasteiger partial charge in [0.15, 0.2) is 0 Å². The zero-order valence-corrected chi connectivity index (χ0v) is 20.5. The average molecular weight is 505 g/mol. The molecule has 3 aromatic rings. The van der Waals surface area contributed by atoms with E-state index in [-0.39, 0.29) is 21.9 Å². The molecule has 0 spiro atoms. The van der Waals surface area contributed by atoms with E-state index in [1.165, 1.54) is 28.6 Å². The third-order valence-electron chi connectivity index (χ3n) is 6.44. The third-order valence-corrected chi connectivity index (χ3v) is 8.48. The van der Waals surface area contributed by atoms with Crippen LogP contribution in [0, 0.1) is 6.92 Å². The number of piperidine rings is 1. The number of sulfonamides is 1. The molecular formula is C27H24N2O6S. The van der Waals surface area contributed by atoms with Gasteiger partial charge in [-0.3, -0.25) is 9.59 Å². The number of hydrogen-bond acceptors (Lipinski definition) is 6. The third kappa shape index (κ3) is 4.20. The van der Waals surface area contributed by atoms with Crippen molar-refractivity contribution >= 4 is 33.5 Å². The fraction of sp³-hybridized carbons (Fsp3) is 0.222. The molecule has 0 bridgehead atoms. The first kappa shape index (κ1) is 23.9. The monoisotopic (exact) mass is 504 g/mol. The molecule has 8 nitrogen and oxygen atoms in total. The van der Waals surface area contributed by atoms with Gasteiger partial charge >= 0.3 is 5.97 Å². The molecule has 0 aliphatic carbocycles. The van der Waals surface area contributed by atoms with E-state index in [1.54, 1.807) is 49.4 Å². The molecule has 3 aromatic carbocycles. The Morgan fingerprint density at radius 1 is 0.833 bits per heavy atom. The number of hydrogen-bond donors (Lipinski definition) is 0. The highest BCUT2D eigenvalue weighted by atomic mass is 32.2. The topological polar surface area (TPSA) is 101 Å². The number of nitrogens with zero attached hydrogens (tertiary/aromatic N) is 2. The lowest BCUT2D eigenvalue weighted by Crippen LogP contribution is -2.36. The van der Waals surface area contributed by atoms with Gasteiger partial charge in [-0.2, -0.15) is 4.31 Å². The van der Waals surface area contributed by atoms with Crippen LogP contribution in [-0.4, -0.2) is 43.6 Å². The van der Waals surface area contributed by atoms with Crippen molar-refractivity contribution in [2.75, 3.05) is 18.0 Å². The minimum atomic E-state index is -3.73. The Morgan fingerprint density at radius 3 is 2.17 bits per heavy atom. The van der Waals surface area contributed by atoms with E-state index in [4.69, 9.17) is 4.74 Å². The summed E-state index contributed by atoms with van der Waals surface area (Å²) < 4.78 is 33.3. The number of aryl methyl sites for hydroxylation is 1. The summed E-state index contributed by atoms with van der Waals surface area (Å²) in [4.78, 5) is 39.6. The molecule has 184 valence electrons. The van der Waals surface area contributed by atoms with Crippen LogP contribution < -0.4 is 9.64 Å². The highest BCUT2D eigenvalue weighted by molar-refractivity contribution is 7.89. The Morgan fingerprint density at radius 2 is 1.50 bits per heavy atom. The Hall–Kier alpha value is -3.82. The molecule has 5 rings (SSSR count). The molecule has 0 aromatic heterocycles. The van der Waals surface area contributed by atoms with Crippen molar-refractivity contribution < 1.29 is 27.5 Å². The van der Waals surface area contributed by atoms with Crippen molar-refractivity contribution in [3.63, 3.8) is 0 Å². The molecule has 2 amide bonds. The zero-order chi connectivity index (χ0) is 25.4. The van der Waals surface area contributed by atoms with E-state index in [2.05, 4.69) is 0 Å². The van der Waals surface area contributed by atoms with Crippen molar-refractivity contribution in [3.8, 4) is 5.75 Å². The predicted molar refractivity (Wildman–Crippen MR) is 133 cm³/mol. The van der Waals surface area contributed by atoms with E-state index in [1.807, 2.05) is 0 Å².